The minimum Gasteiger partial charge on any atom is -0.462 e. The van der Waals surface area contributed by atoms with Gasteiger partial charge in [0.15, 0.2) is 6.10 Å². The van der Waals surface area contributed by atoms with Gasteiger partial charge < -0.3 is 14.2 Å². The van der Waals surface area contributed by atoms with Crippen molar-refractivity contribution < 1.29 is 28.6 Å². The third-order valence-corrected chi connectivity index (χ3v) is 13.6. The van der Waals surface area contributed by atoms with E-state index in [0.717, 1.165) is 161 Å². The minimum absolute atomic E-state index is 0.0990. The first-order valence-corrected chi connectivity index (χ1v) is 32.8. The molecule has 6 heteroatoms. The second-order valence-electron chi connectivity index (χ2n) is 21.3. The van der Waals surface area contributed by atoms with Gasteiger partial charge in [-0.3, -0.25) is 14.4 Å². The number of hydrogen-bond acceptors (Lipinski definition) is 6. The predicted octanol–water partition coefficient (Wildman–Crippen LogP) is 22.7. The topological polar surface area (TPSA) is 78.9 Å². The lowest BCUT2D eigenvalue weighted by atomic mass is 10.1. The molecule has 0 aliphatic carbocycles. The van der Waals surface area contributed by atoms with Crippen LogP contribution in [0.25, 0.3) is 0 Å². The Morgan fingerprint density at radius 3 is 0.775 bits per heavy atom. The Morgan fingerprint density at radius 2 is 0.487 bits per heavy atom. The molecule has 0 radical (unpaired) electrons. The summed E-state index contributed by atoms with van der Waals surface area (Å²) in [6, 6.07) is 0. The fourth-order valence-corrected chi connectivity index (χ4v) is 8.70. The highest BCUT2D eigenvalue weighted by Crippen LogP contribution is 2.15. The molecule has 0 saturated heterocycles. The molecule has 0 rings (SSSR count). The highest BCUT2D eigenvalue weighted by atomic mass is 16.6. The Kier molecular flexibility index (Phi) is 62.9. The van der Waals surface area contributed by atoms with E-state index < -0.39 is 6.10 Å². The molecular weight excluding hydrogens is 985 g/mol. The molecule has 0 aromatic heterocycles. The predicted molar refractivity (Wildman–Crippen MR) is 348 cm³/mol. The summed E-state index contributed by atoms with van der Waals surface area (Å²) >= 11 is 0. The van der Waals surface area contributed by atoms with Crippen LogP contribution in [0, 0.1) is 0 Å². The number of unbranched alkanes of at least 4 members (excludes halogenated alkanes) is 23. The van der Waals surface area contributed by atoms with Gasteiger partial charge in [0.1, 0.15) is 13.2 Å². The van der Waals surface area contributed by atoms with E-state index in [0.29, 0.717) is 12.8 Å². The number of rotatable bonds is 58. The van der Waals surface area contributed by atoms with Crippen LogP contribution in [-0.2, 0) is 28.6 Å². The zero-order chi connectivity index (χ0) is 57.8. The fraction of sp³-hybridized carbons (Fsp3) is 0.635. The molecule has 6 nitrogen and oxygen atoms in total. The van der Waals surface area contributed by atoms with E-state index in [-0.39, 0.29) is 37.5 Å². The summed E-state index contributed by atoms with van der Waals surface area (Å²) in [6.07, 6.45) is 95.6. The van der Waals surface area contributed by atoms with Crippen LogP contribution in [0.5, 0.6) is 0 Å². The van der Waals surface area contributed by atoms with Crippen molar-refractivity contribution in [2.75, 3.05) is 13.2 Å². The van der Waals surface area contributed by atoms with Gasteiger partial charge in [-0.05, 0) is 141 Å². The van der Waals surface area contributed by atoms with E-state index in [4.69, 9.17) is 14.2 Å². The number of carbonyl (C=O) groups excluding carboxylic acids is 3. The maximum atomic E-state index is 12.9. The Hall–Kier alpha value is -4.71. The Balaban J connectivity index is 4.44. The van der Waals surface area contributed by atoms with Crippen molar-refractivity contribution in [1.29, 1.82) is 0 Å². The van der Waals surface area contributed by atoms with Crippen LogP contribution >= 0.6 is 0 Å². The Bertz CT molecular complexity index is 1750. The van der Waals surface area contributed by atoms with Gasteiger partial charge in [0.05, 0.1) is 0 Å². The van der Waals surface area contributed by atoms with Gasteiger partial charge in [0.2, 0.25) is 0 Å². The van der Waals surface area contributed by atoms with Crippen molar-refractivity contribution in [3.8, 4) is 0 Å². The molecule has 80 heavy (non-hydrogen) atoms. The highest BCUT2D eigenvalue weighted by Gasteiger charge is 2.19. The van der Waals surface area contributed by atoms with Crippen LogP contribution in [-0.4, -0.2) is 37.2 Å². The molecule has 0 spiro atoms. The van der Waals surface area contributed by atoms with E-state index in [2.05, 4.69) is 167 Å². The standard InChI is InChI=1S/C74H120O6/c1-4-7-10-13-16-19-22-25-28-30-32-34-36-37-39-40-42-44-46-49-52-55-58-61-64-67-73(76)79-70-71(69-78-72(75)66-63-60-57-54-51-48-27-24-21-18-15-12-9-6-3)80-74(77)68-65-62-59-56-53-50-47-45-43-41-38-35-33-31-29-26-23-20-17-14-11-8-5-2/h7-8,10-11,16-17,19-20,24-29,32-35,37,39,41,43,47,50,71H,4-6,9,12-15,18,21-23,30-31,36,38,40,42,44-46,48-49,51-70H2,1-3H3/b10-7-,11-8-,19-16-,20-17-,27-24-,28-25-,29-26-,34-32-,35-33-,39-37-,43-41-,50-47-. The molecular formula is C74H120O6. The number of esters is 3. The molecule has 0 fully saturated rings. The SMILES string of the molecule is CC/C=C\C/C=C\C/C=C\C/C=C\C/C=C\C/C=C\CCCCCCC(=O)OC(COC(=O)CCCCCCC/C=C\CCCCCCC)COC(=O)CCCCCCCCCCC/C=C\C/C=C\C/C=C\C/C=C\C/C=C\CC. The van der Waals surface area contributed by atoms with Crippen molar-refractivity contribution >= 4 is 17.9 Å². The first-order valence-electron chi connectivity index (χ1n) is 32.8. The van der Waals surface area contributed by atoms with Crippen molar-refractivity contribution in [3.63, 3.8) is 0 Å². The lowest BCUT2D eigenvalue weighted by Crippen LogP contribution is -2.30. The summed E-state index contributed by atoms with van der Waals surface area (Å²) in [7, 11) is 0. The van der Waals surface area contributed by atoms with Gasteiger partial charge in [0, 0.05) is 19.3 Å². The lowest BCUT2D eigenvalue weighted by molar-refractivity contribution is -0.167. The monoisotopic (exact) mass is 1100 g/mol. The van der Waals surface area contributed by atoms with Crippen molar-refractivity contribution in [2.45, 2.75) is 290 Å². The quantitative estimate of drug-likeness (QED) is 0.0261. The third kappa shape index (κ3) is 64.1. The zero-order valence-corrected chi connectivity index (χ0v) is 51.8. The van der Waals surface area contributed by atoms with Gasteiger partial charge >= 0.3 is 17.9 Å². The van der Waals surface area contributed by atoms with Crippen LogP contribution in [0.1, 0.15) is 284 Å². The summed E-state index contributed by atoms with van der Waals surface area (Å²) in [5.41, 5.74) is 0. The summed E-state index contributed by atoms with van der Waals surface area (Å²) < 4.78 is 16.9. The Labute approximate surface area is 493 Å². The number of hydrogen-bond donors (Lipinski definition) is 0. The molecule has 0 saturated carbocycles. The van der Waals surface area contributed by atoms with Crippen LogP contribution in [0.15, 0.2) is 146 Å². The van der Waals surface area contributed by atoms with Gasteiger partial charge in [-0.2, -0.15) is 0 Å². The second kappa shape index (κ2) is 66.8. The molecule has 452 valence electrons. The largest absolute Gasteiger partial charge is 0.462 e. The smallest absolute Gasteiger partial charge is 0.306 e. The summed E-state index contributed by atoms with van der Waals surface area (Å²) in [5.74, 6) is -0.937. The third-order valence-electron chi connectivity index (χ3n) is 13.6. The summed E-state index contributed by atoms with van der Waals surface area (Å²) in [4.78, 5) is 38.4. The molecule has 1 unspecified atom stereocenters. The average molecular weight is 1110 g/mol. The van der Waals surface area contributed by atoms with Crippen molar-refractivity contribution in [3.05, 3.63) is 146 Å². The zero-order valence-electron chi connectivity index (χ0n) is 51.8. The molecule has 1 atom stereocenters. The fourth-order valence-electron chi connectivity index (χ4n) is 8.70. The summed E-state index contributed by atoms with van der Waals surface area (Å²) in [6.45, 7) is 6.38. The molecule has 0 aliphatic rings. The Morgan fingerprint density at radius 1 is 0.263 bits per heavy atom. The van der Waals surface area contributed by atoms with Crippen LogP contribution < -0.4 is 0 Å². The maximum Gasteiger partial charge on any atom is 0.306 e. The molecule has 0 heterocycles. The van der Waals surface area contributed by atoms with Gasteiger partial charge in [-0.15, -0.1) is 0 Å². The van der Waals surface area contributed by atoms with Gasteiger partial charge in [-0.1, -0.05) is 269 Å². The van der Waals surface area contributed by atoms with Crippen molar-refractivity contribution in [2.24, 2.45) is 0 Å². The summed E-state index contributed by atoms with van der Waals surface area (Å²) in [5, 5.41) is 0. The van der Waals surface area contributed by atoms with Gasteiger partial charge in [-0.25, -0.2) is 0 Å². The first-order chi connectivity index (χ1) is 39.5. The van der Waals surface area contributed by atoms with E-state index in [9.17, 15) is 14.4 Å². The van der Waals surface area contributed by atoms with E-state index in [1.165, 1.54) is 83.5 Å². The number of carbonyl (C=O) groups is 3. The van der Waals surface area contributed by atoms with Crippen molar-refractivity contribution in [1.82, 2.24) is 0 Å². The van der Waals surface area contributed by atoms with E-state index in [1.54, 1.807) is 0 Å². The molecule has 0 bridgehead atoms. The van der Waals surface area contributed by atoms with E-state index in [1.807, 2.05) is 0 Å². The van der Waals surface area contributed by atoms with E-state index >= 15 is 0 Å². The van der Waals surface area contributed by atoms with Crippen LogP contribution in [0.3, 0.4) is 0 Å². The maximum absolute atomic E-state index is 12.9. The molecule has 0 N–H and O–H groups in total. The van der Waals surface area contributed by atoms with Gasteiger partial charge in [0.25, 0.3) is 0 Å². The molecule has 0 aliphatic heterocycles. The van der Waals surface area contributed by atoms with Crippen LogP contribution in [0.4, 0.5) is 0 Å². The number of ether oxygens (including phenoxy) is 3. The first kappa shape index (κ1) is 75.3. The molecule has 0 aromatic carbocycles. The highest BCUT2D eigenvalue weighted by molar-refractivity contribution is 5.71. The molecule has 0 amide bonds. The number of allylic oxidation sites excluding steroid dienone is 24. The second-order valence-corrected chi connectivity index (χ2v) is 21.3. The normalized spacial score (nSPS) is 13.1. The van der Waals surface area contributed by atoms with Crippen LogP contribution in [0.2, 0.25) is 0 Å². The molecule has 0 aromatic rings. The lowest BCUT2D eigenvalue weighted by Gasteiger charge is -2.18. The average Bonchev–Trinajstić information content (AvgIpc) is 3.46. The minimum atomic E-state index is -0.806.